The van der Waals surface area contributed by atoms with Crippen molar-refractivity contribution in [3.8, 4) is 0 Å². The van der Waals surface area contributed by atoms with Crippen LogP contribution in [0, 0.1) is 0 Å². The molecule has 1 aliphatic rings. The summed E-state index contributed by atoms with van der Waals surface area (Å²) in [7, 11) is 0. The minimum atomic E-state index is -1.63. The molecular weight excluding hydrogens is 232 g/mol. The fraction of sp³-hybridized carbons (Fsp3) is 0.778. The fourth-order valence-electron chi connectivity index (χ4n) is 1.45. The van der Waals surface area contributed by atoms with Crippen molar-refractivity contribution in [2.45, 2.75) is 12.1 Å². The van der Waals surface area contributed by atoms with Gasteiger partial charge in [0, 0.05) is 6.54 Å². The molecule has 2 unspecified atom stereocenters. The molecule has 8 nitrogen and oxygen atoms in total. The van der Waals surface area contributed by atoms with Crippen molar-refractivity contribution in [2.75, 3.05) is 32.9 Å². The Hall–Kier alpha value is -1.38. The zero-order valence-electron chi connectivity index (χ0n) is 9.20. The van der Waals surface area contributed by atoms with Crippen molar-refractivity contribution >= 4 is 12.0 Å². The lowest BCUT2D eigenvalue weighted by Gasteiger charge is -2.34. The average molecular weight is 248 g/mol. The number of carboxylic acids is 1. The van der Waals surface area contributed by atoms with E-state index in [0.717, 1.165) is 0 Å². The number of carboxylic acid groups (broad SMARTS) is 1. The van der Waals surface area contributed by atoms with E-state index in [1.54, 1.807) is 0 Å². The summed E-state index contributed by atoms with van der Waals surface area (Å²) in [6, 6.07) is -0.960. The van der Waals surface area contributed by atoms with Crippen LogP contribution in [0.5, 0.6) is 0 Å². The van der Waals surface area contributed by atoms with Crippen molar-refractivity contribution in [3.05, 3.63) is 0 Å². The molecule has 0 radical (unpaired) electrons. The largest absolute Gasteiger partial charge is 0.479 e. The molecule has 0 bridgehead atoms. The van der Waals surface area contributed by atoms with Crippen LogP contribution in [0.1, 0.15) is 0 Å². The van der Waals surface area contributed by atoms with E-state index < -0.39 is 24.1 Å². The van der Waals surface area contributed by atoms with Crippen LogP contribution in [0.15, 0.2) is 0 Å². The van der Waals surface area contributed by atoms with Crippen molar-refractivity contribution in [3.63, 3.8) is 0 Å². The number of hydrogen-bond acceptors (Lipinski definition) is 5. The van der Waals surface area contributed by atoms with Crippen LogP contribution >= 0.6 is 0 Å². The summed E-state index contributed by atoms with van der Waals surface area (Å²) in [6.07, 6.45) is -1.63. The minimum Gasteiger partial charge on any atom is -0.479 e. The number of aliphatic carboxylic acids is 1. The van der Waals surface area contributed by atoms with Gasteiger partial charge in [0.1, 0.15) is 0 Å². The molecule has 0 saturated carbocycles. The molecule has 1 saturated heterocycles. The van der Waals surface area contributed by atoms with E-state index in [1.165, 1.54) is 4.90 Å². The SMILES string of the molecule is O=C(O)C(O)CNC(=O)N1CCOCC1CO. The number of hydrogen-bond donors (Lipinski definition) is 4. The van der Waals surface area contributed by atoms with E-state index in [2.05, 4.69) is 5.32 Å². The Morgan fingerprint density at radius 1 is 1.53 bits per heavy atom. The molecule has 0 spiro atoms. The number of aliphatic hydroxyl groups is 2. The van der Waals surface area contributed by atoms with Crippen LogP contribution in [-0.4, -0.2) is 77.3 Å². The molecule has 98 valence electrons. The standard InChI is InChI=1S/C9H16N2O6/c12-4-6-5-17-2-1-11(6)9(16)10-3-7(13)8(14)15/h6-7,12-13H,1-5H2,(H,10,16)(H,14,15). The number of amides is 2. The number of morpholine rings is 1. The van der Waals surface area contributed by atoms with Crippen molar-refractivity contribution in [2.24, 2.45) is 0 Å². The first-order valence-electron chi connectivity index (χ1n) is 5.20. The molecule has 1 fully saturated rings. The third-order valence-corrected chi connectivity index (χ3v) is 2.43. The first-order valence-corrected chi connectivity index (χ1v) is 5.20. The summed E-state index contributed by atoms with van der Waals surface area (Å²) in [6.45, 7) is 0.329. The lowest BCUT2D eigenvalue weighted by molar-refractivity contribution is -0.146. The van der Waals surface area contributed by atoms with Gasteiger partial charge in [-0.1, -0.05) is 0 Å². The van der Waals surface area contributed by atoms with E-state index in [0.29, 0.717) is 13.2 Å². The van der Waals surface area contributed by atoms with Crippen LogP contribution in [0.25, 0.3) is 0 Å². The number of carbonyl (C=O) groups excluding carboxylic acids is 1. The molecular formula is C9H16N2O6. The number of carbonyl (C=O) groups is 2. The van der Waals surface area contributed by atoms with E-state index in [-0.39, 0.29) is 19.8 Å². The maximum Gasteiger partial charge on any atom is 0.334 e. The number of aliphatic hydroxyl groups excluding tert-OH is 2. The fourth-order valence-corrected chi connectivity index (χ4v) is 1.45. The van der Waals surface area contributed by atoms with Crippen LogP contribution in [-0.2, 0) is 9.53 Å². The lowest BCUT2D eigenvalue weighted by atomic mass is 10.2. The van der Waals surface area contributed by atoms with Gasteiger partial charge in [-0.05, 0) is 0 Å². The third kappa shape index (κ3) is 3.84. The number of nitrogens with zero attached hydrogens (tertiary/aromatic N) is 1. The lowest BCUT2D eigenvalue weighted by Crippen LogP contribution is -2.55. The van der Waals surface area contributed by atoms with Gasteiger partial charge in [-0.15, -0.1) is 0 Å². The minimum absolute atomic E-state index is 0.227. The first kappa shape index (κ1) is 13.7. The van der Waals surface area contributed by atoms with Crippen molar-refractivity contribution < 1.29 is 29.6 Å². The van der Waals surface area contributed by atoms with Crippen LogP contribution in [0.3, 0.4) is 0 Å². The Kier molecular flexibility index (Phi) is 5.13. The number of nitrogens with one attached hydrogen (secondary N) is 1. The zero-order valence-corrected chi connectivity index (χ0v) is 9.20. The summed E-state index contributed by atoms with van der Waals surface area (Å²) >= 11 is 0. The maximum atomic E-state index is 11.6. The highest BCUT2D eigenvalue weighted by Gasteiger charge is 2.27. The van der Waals surface area contributed by atoms with Crippen LogP contribution in [0.2, 0.25) is 0 Å². The highest BCUT2D eigenvalue weighted by molar-refractivity contribution is 5.77. The van der Waals surface area contributed by atoms with Gasteiger partial charge >= 0.3 is 12.0 Å². The molecule has 1 aliphatic heterocycles. The summed E-state index contributed by atoms with van der Waals surface area (Å²) in [5.74, 6) is -1.40. The zero-order chi connectivity index (χ0) is 12.8. The number of rotatable bonds is 4. The highest BCUT2D eigenvalue weighted by atomic mass is 16.5. The Balaban J connectivity index is 2.42. The molecule has 8 heteroatoms. The van der Waals surface area contributed by atoms with E-state index in [1.807, 2.05) is 0 Å². The molecule has 17 heavy (non-hydrogen) atoms. The summed E-state index contributed by atoms with van der Waals surface area (Å²) in [5, 5.41) is 28.7. The smallest absolute Gasteiger partial charge is 0.334 e. The topological polar surface area (TPSA) is 119 Å². The van der Waals surface area contributed by atoms with Crippen molar-refractivity contribution in [1.29, 1.82) is 0 Å². The molecule has 0 aromatic carbocycles. The molecule has 1 heterocycles. The van der Waals surface area contributed by atoms with Gasteiger partial charge in [0.05, 0.1) is 32.4 Å². The Labute approximate surface area is 97.8 Å². The number of ether oxygens (including phenoxy) is 1. The van der Waals surface area contributed by atoms with E-state index in [4.69, 9.17) is 20.1 Å². The van der Waals surface area contributed by atoms with Gasteiger partial charge in [-0.25, -0.2) is 9.59 Å². The molecule has 2 amide bonds. The van der Waals surface area contributed by atoms with Gasteiger partial charge in [-0.2, -0.15) is 0 Å². The molecule has 1 rings (SSSR count). The molecule has 0 aromatic heterocycles. The average Bonchev–Trinajstić information content (AvgIpc) is 2.35. The van der Waals surface area contributed by atoms with Gasteiger partial charge < -0.3 is 30.3 Å². The Morgan fingerprint density at radius 3 is 2.82 bits per heavy atom. The highest BCUT2D eigenvalue weighted by Crippen LogP contribution is 2.06. The van der Waals surface area contributed by atoms with Crippen LogP contribution < -0.4 is 5.32 Å². The van der Waals surface area contributed by atoms with Gasteiger partial charge in [0.15, 0.2) is 6.10 Å². The number of urea groups is 1. The maximum absolute atomic E-state index is 11.6. The summed E-state index contributed by atoms with van der Waals surface area (Å²) in [4.78, 5) is 23.3. The molecule has 0 aromatic rings. The second-order valence-corrected chi connectivity index (χ2v) is 3.64. The molecule has 4 N–H and O–H groups in total. The monoisotopic (exact) mass is 248 g/mol. The van der Waals surface area contributed by atoms with Gasteiger partial charge in [0.25, 0.3) is 0 Å². The molecule has 0 aliphatic carbocycles. The Morgan fingerprint density at radius 2 is 2.24 bits per heavy atom. The Bertz CT molecular complexity index is 285. The van der Waals surface area contributed by atoms with E-state index in [9.17, 15) is 9.59 Å². The first-order chi connectivity index (χ1) is 8.06. The predicted octanol–water partition coefficient (Wildman–Crippen LogP) is -2.17. The second-order valence-electron chi connectivity index (χ2n) is 3.64. The second kappa shape index (κ2) is 6.38. The van der Waals surface area contributed by atoms with Gasteiger partial charge in [0.2, 0.25) is 0 Å². The van der Waals surface area contributed by atoms with Crippen LogP contribution in [0.4, 0.5) is 4.79 Å². The third-order valence-electron chi connectivity index (χ3n) is 2.43. The summed E-state index contributed by atoms with van der Waals surface area (Å²) in [5.41, 5.74) is 0. The quantitative estimate of drug-likeness (QED) is 0.449. The van der Waals surface area contributed by atoms with Crippen molar-refractivity contribution in [1.82, 2.24) is 10.2 Å². The van der Waals surface area contributed by atoms with Gasteiger partial charge in [-0.3, -0.25) is 0 Å². The summed E-state index contributed by atoms with van der Waals surface area (Å²) < 4.78 is 5.09. The normalized spacial score (nSPS) is 22.0. The predicted molar refractivity (Wildman–Crippen MR) is 55.4 cm³/mol. The molecule has 2 atom stereocenters. The van der Waals surface area contributed by atoms with E-state index >= 15 is 0 Å².